The maximum atomic E-state index is 8.87. The summed E-state index contributed by atoms with van der Waals surface area (Å²) in [6, 6.07) is 4.28. The Bertz CT molecular complexity index is 1170. The quantitative estimate of drug-likeness (QED) is 0.564. The van der Waals surface area contributed by atoms with Gasteiger partial charge in [-0.15, -0.1) is 10.2 Å². The summed E-state index contributed by atoms with van der Waals surface area (Å²) in [5, 5.41) is 21.2. The zero-order valence-electron chi connectivity index (χ0n) is 15.4. The first-order valence-electron chi connectivity index (χ1n) is 9.42. The number of rotatable bonds is 4. The monoisotopic (exact) mass is 373 g/mol. The van der Waals surface area contributed by atoms with Gasteiger partial charge in [0.15, 0.2) is 17.0 Å². The zero-order chi connectivity index (χ0) is 19.1. The number of hydrogen-bond acceptors (Lipinski definition) is 7. The second-order valence-electron chi connectivity index (χ2n) is 7.21. The Kier molecular flexibility index (Phi) is 3.90. The third-order valence-corrected chi connectivity index (χ3v) is 5.64. The molecular formula is C19H19N9. The Morgan fingerprint density at radius 1 is 1.21 bits per heavy atom. The Hall–Kier alpha value is -3.54. The second kappa shape index (κ2) is 6.56. The molecule has 4 heterocycles. The maximum absolute atomic E-state index is 8.87. The number of anilines is 1. The fourth-order valence-corrected chi connectivity index (χ4v) is 4.32. The molecule has 0 aliphatic heterocycles. The summed E-state index contributed by atoms with van der Waals surface area (Å²) >= 11 is 0. The van der Waals surface area contributed by atoms with Crippen LogP contribution in [0.4, 0.5) is 5.82 Å². The van der Waals surface area contributed by atoms with Crippen molar-refractivity contribution in [1.82, 2.24) is 34.5 Å². The summed E-state index contributed by atoms with van der Waals surface area (Å²) in [5.74, 6) is 2.48. The van der Waals surface area contributed by atoms with E-state index < -0.39 is 0 Å². The van der Waals surface area contributed by atoms with Gasteiger partial charge in [0.1, 0.15) is 17.7 Å². The average molecular weight is 373 g/mol. The highest BCUT2D eigenvalue weighted by Crippen LogP contribution is 2.42. The van der Waals surface area contributed by atoms with Gasteiger partial charge in [0.25, 0.3) is 0 Å². The van der Waals surface area contributed by atoms with E-state index in [-0.39, 0.29) is 6.04 Å². The molecule has 0 aromatic carbocycles. The third kappa shape index (κ3) is 2.65. The highest BCUT2D eigenvalue weighted by atomic mass is 15.3. The molecule has 4 aromatic heterocycles. The van der Waals surface area contributed by atoms with Crippen molar-refractivity contribution in [3.05, 3.63) is 42.4 Å². The SMILES string of the molecule is CC[C@@H]1C[C@H](Nc2cnc(C#N)cn2)CC1c1nnc2cnc3[nH]ccc3n12. The molecule has 0 amide bonds. The summed E-state index contributed by atoms with van der Waals surface area (Å²) in [4.78, 5) is 15.9. The van der Waals surface area contributed by atoms with Crippen molar-refractivity contribution in [3.8, 4) is 6.07 Å². The lowest BCUT2D eigenvalue weighted by Crippen LogP contribution is -2.17. The molecule has 0 radical (unpaired) electrons. The Morgan fingerprint density at radius 2 is 2.14 bits per heavy atom. The number of hydrogen-bond donors (Lipinski definition) is 2. The minimum absolute atomic E-state index is 0.271. The van der Waals surface area contributed by atoms with Crippen molar-refractivity contribution < 1.29 is 0 Å². The summed E-state index contributed by atoms with van der Waals surface area (Å²) in [6.07, 6.45) is 9.79. The molecule has 28 heavy (non-hydrogen) atoms. The van der Waals surface area contributed by atoms with Crippen LogP contribution in [0.15, 0.2) is 30.9 Å². The normalized spacial score (nSPS) is 21.9. The van der Waals surface area contributed by atoms with E-state index in [2.05, 4.69) is 46.8 Å². The average Bonchev–Trinajstić information content (AvgIpc) is 3.45. The van der Waals surface area contributed by atoms with Crippen LogP contribution in [0.1, 0.15) is 43.6 Å². The van der Waals surface area contributed by atoms with Gasteiger partial charge in [-0.25, -0.2) is 15.0 Å². The van der Waals surface area contributed by atoms with Crippen LogP contribution >= 0.6 is 0 Å². The summed E-state index contributed by atoms with van der Waals surface area (Å²) < 4.78 is 2.12. The number of nitrogens with zero attached hydrogens (tertiary/aromatic N) is 7. The molecule has 1 fully saturated rings. The van der Waals surface area contributed by atoms with Gasteiger partial charge in [-0.1, -0.05) is 13.3 Å². The number of fused-ring (bicyclic) bond motifs is 3. The molecule has 0 saturated heterocycles. The molecule has 2 N–H and O–H groups in total. The van der Waals surface area contributed by atoms with E-state index >= 15 is 0 Å². The molecule has 0 spiro atoms. The minimum atomic E-state index is 0.271. The molecule has 1 aliphatic rings. The second-order valence-corrected chi connectivity index (χ2v) is 7.21. The van der Waals surface area contributed by atoms with Crippen molar-refractivity contribution in [2.75, 3.05) is 5.32 Å². The van der Waals surface area contributed by atoms with Gasteiger partial charge in [0, 0.05) is 18.2 Å². The van der Waals surface area contributed by atoms with Crippen molar-refractivity contribution in [2.45, 2.75) is 38.1 Å². The lowest BCUT2D eigenvalue weighted by molar-refractivity contribution is 0.451. The number of nitriles is 1. The molecule has 9 nitrogen and oxygen atoms in total. The van der Waals surface area contributed by atoms with Crippen LogP contribution in [-0.2, 0) is 0 Å². The third-order valence-electron chi connectivity index (χ3n) is 5.64. The van der Waals surface area contributed by atoms with Gasteiger partial charge in [-0.3, -0.25) is 4.40 Å². The zero-order valence-corrected chi connectivity index (χ0v) is 15.4. The molecule has 0 bridgehead atoms. The van der Waals surface area contributed by atoms with Crippen molar-refractivity contribution in [1.29, 1.82) is 5.26 Å². The van der Waals surface area contributed by atoms with E-state index in [1.54, 1.807) is 12.4 Å². The van der Waals surface area contributed by atoms with Gasteiger partial charge < -0.3 is 10.3 Å². The van der Waals surface area contributed by atoms with Gasteiger partial charge in [-0.05, 0) is 24.8 Å². The van der Waals surface area contributed by atoms with E-state index in [4.69, 9.17) is 5.26 Å². The molecule has 140 valence electrons. The first-order chi connectivity index (χ1) is 13.8. The fourth-order valence-electron chi connectivity index (χ4n) is 4.32. The highest BCUT2D eigenvalue weighted by Gasteiger charge is 2.37. The van der Waals surface area contributed by atoms with E-state index in [9.17, 15) is 0 Å². The number of aromatic nitrogens is 7. The Labute approximate surface area is 160 Å². The molecule has 4 aromatic rings. The van der Waals surface area contributed by atoms with Gasteiger partial charge in [-0.2, -0.15) is 5.26 Å². The van der Waals surface area contributed by atoms with Crippen molar-refractivity contribution in [3.63, 3.8) is 0 Å². The first kappa shape index (κ1) is 16.6. The van der Waals surface area contributed by atoms with E-state index in [1.807, 2.05) is 18.3 Å². The lowest BCUT2D eigenvalue weighted by atomic mass is 9.93. The number of nitrogens with one attached hydrogen (secondary N) is 2. The van der Waals surface area contributed by atoms with Crippen molar-refractivity contribution >= 4 is 22.6 Å². The number of H-pyrrole nitrogens is 1. The molecule has 1 saturated carbocycles. The molecule has 5 rings (SSSR count). The minimum Gasteiger partial charge on any atom is -0.366 e. The summed E-state index contributed by atoms with van der Waals surface area (Å²) in [7, 11) is 0. The van der Waals surface area contributed by atoms with Crippen molar-refractivity contribution in [2.24, 2.45) is 5.92 Å². The standard InChI is InChI=1S/C19H19N9/c1-2-11-5-12(25-16-9-22-13(7-20)8-23-16)6-14(11)19-27-26-17-10-24-18-15(28(17)19)3-4-21-18/h3-4,8-12,14,21H,2,5-6H2,1H3,(H,23,25)/t11-,12+,14?/m1/s1. The van der Waals surface area contributed by atoms with E-state index in [0.717, 1.165) is 41.9 Å². The topological polar surface area (TPSA) is 120 Å². The molecular weight excluding hydrogens is 354 g/mol. The van der Waals surface area contributed by atoms with Crippen LogP contribution in [0, 0.1) is 17.2 Å². The number of aromatic amines is 1. The van der Waals surface area contributed by atoms with Gasteiger partial charge in [0.05, 0.1) is 24.1 Å². The fraction of sp³-hybridized carbons (Fsp3) is 0.368. The maximum Gasteiger partial charge on any atom is 0.179 e. The van der Waals surface area contributed by atoms with Crippen LogP contribution < -0.4 is 5.32 Å². The smallest absolute Gasteiger partial charge is 0.179 e. The summed E-state index contributed by atoms with van der Waals surface area (Å²) in [6.45, 7) is 2.22. The molecule has 1 unspecified atom stereocenters. The van der Waals surface area contributed by atoms with E-state index in [0.29, 0.717) is 23.3 Å². The van der Waals surface area contributed by atoms with Gasteiger partial charge in [0.2, 0.25) is 0 Å². The van der Waals surface area contributed by atoms with Crippen LogP contribution in [0.2, 0.25) is 0 Å². The highest BCUT2D eigenvalue weighted by molar-refractivity contribution is 5.74. The van der Waals surface area contributed by atoms with Gasteiger partial charge >= 0.3 is 0 Å². The first-order valence-corrected chi connectivity index (χ1v) is 9.42. The van der Waals surface area contributed by atoms with Crippen LogP contribution in [-0.4, -0.2) is 40.6 Å². The van der Waals surface area contributed by atoms with Crippen LogP contribution in [0.3, 0.4) is 0 Å². The predicted molar refractivity (Wildman–Crippen MR) is 103 cm³/mol. The largest absolute Gasteiger partial charge is 0.366 e. The van der Waals surface area contributed by atoms with E-state index in [1.165, 1.54) is 6.20 Å². The van der Waals surface area contributed by atoms with Crippen LogP contribution in [0.5, 0.6) is 0 Å². The Balaban J connectivity index is 1.46. The lowest BCUT2D eigenvalue weighted by Gasteiger charge is -2.15. The summed E-state index contributed by atoms with van der Waals surface area (Å²) in [5.41, 5.74) is 2.93. The molecule has 1 aliphatic carbocycles. The Morgan fingerprint density at radius 3 is 2.93 bits per heavy atom. The predicted octanol–water partition coefficient (Wildman–Crippen LogP) is 2.65. The molecule has 3 atom stereocenters. The molecule has 9 heteroatoms. The van der Waals surface area contributed by atoms with Crippen LogP contribution in [0.25, 0.3) is 16.8 Å².